The second-order valence-corrected chi connectivity index (χ2v) is 5.97. The van der Waals surface area contributed by atoms with Gasteiger partial charge in [0.25, 0.3) is 0 Å². The van der Waals surface area contributed by atoms with Crippen LogP contribution in [0.3, 0.4) is 0 Å². The monoisotopic (exact) mass is 314 g/mol. The first-order chi connectivity index (χ1) is 11.1. The van der Waals surface area contributed by atoms with Crippen LogP contribution in [0.2, 0.25) is 0 Å². The molecule has 23 heavy (non-hydrogen) atoms. The molecule has 0 radical (unpaired) electrons. The van der Waals surface area contributed by atoms with Gasteiger partial charge in [0.05, 0.1) is 6.04 Å². The number of pyridine rings is 1. The Hall–Kier alpha value is -2.28. The highest BCUT2D eigenvalue weighted by atomic mass is 16.2. The lowest BCUT2D eigenvalue weighted by Gasteiger charge is -2.34. The molecule has 7 nitrogen and oxygen atoms in total. The molecule has 7 heteroatoms. The Balaban J connectivity index is 1.53. The number of rotatable bonds is 4. The summed E-state index contributed by atoms with van der Waals surface area (Å²) in [5, 5.41) is 10.0. The minimum Gasteiger partial charge on any atom is -0.309 e. The van der Waals surface area contributed by atoms with Crippen LogP contribution < -0.4 is 5.32 Å². The van der Waals surface area contributed by atoms with E-state index in [0.717, 1.165) is 37.6 Å². The summed E-state index contributed by atoms with van der Waals surface area (Å²) in [5.74, 6) is 2.70. The van der Waals surface area contributed by atoms with Gasteiger partial charge in [0.15, 0.2) is 5.82 Å². The Morgan fingerprint density at radius 2 is 2.17 bits per heavy atom. The number of carbonyl (C=O) groups excluding carboxylic acids is 1. The summed E-state index contributed by atoms with van der Waals surface area (Å²) >= 11 is 0. The molecule has 3 heterocycles. The van der Waals surface area contributed by atoms with Gasteiger partial charge in [-0.15, -0.1) is 0 Å². The van der Waals surface area contributed by atoms with Crippen molar-refractivity contribution in [2.24, 2.45) is 0 Å². The molecule has 1 saturated heterocycles. The number of hydrogen-bond donors (Lipinski definition) is 2. The van der Waals surface area contributed by atoms with Crippen molar-refractivity contribution in [1.82, 2.24) is 25.1 Å². The van der Waals surface area contributed by atoms with Crippen molar-refractivity contribution in [2.45, 2.75) is 38.6 Å². The predicted octanol–water partition coefficient (Wildman–Crippen LogP) is 1.71. The van der Waals surface area contributed by atoms with Gasteiger partial charge < -0.3 is 5.32 Å². The number of nitrogens with one attached hydrogen (secondary N) is 2. The molecule has 0 spiro atoms. The van der Waals surface area contributed by atoms with Crippen LogP contribution in [0, 0.1) is 6.92 Å². The second kappa shape index (κ2) is 6.87. The van der Waals surface area contributed by atoms with Crippen LogP contribution in [0.5, 0.6) is 0 Å². The van der Waals surface area contributed by atoms with Crippen molar-refractivity contribution in [2.75, 3.05) is 18.4 Å². The standard InChI is InChI=1S/C16H22N6O/c1-11(16(23)19-14-5-3-4-8-17-14)22-9-6-13(7-10-22)15-18-12(2)20-21-15/h3-5,8,11,13H,6-7,9-10H2,1-2H3,(H,17,19,23)(H,18,20,21)/t11-/m1/s1. The Labute approximate surface area is 135 Å². The zero-order valence-electron chi connectivity index (χ0n) is 13.5. The molecule has 1 amide bonds. The SMILES string of the molecule is Cc1nc(C2CCN([C@H](C)C(=O)Nc3ccccn3)CC2)n[nH]1. The first-order valence-electron chi connectivity index (χ1n) is 7.98. The van der Waals surface area contributed by atoms with Crippen LogP contribution in [0.4, 0.5) is 5.82 Å². The molecular formula is C16H22N6O. The normalized spacial score (nSPS) is 17.8. The van der Waals surface area contributed by atoms with E-state index in [-0.39, 0.29) is 11.9 Å². The van der Waals surface area contributed by atoms with Crippen LogP contribution in [0.1, 0.15) is 37.3 Å². The van der Waals surface area contributed by atoms with E-state index in [1.807, 2.05) is 26.0 Å². The van der Waals surface area contributed by atoms with Crippen molar-refractivity contribution >= 4 is 11.7 Å². The van der Waals surface area contributed by atoms with Crippen molar-refractivity contribution in [3.8, 4) is 0 Å². The highest BCUT2D eigenvalue weighted by Crippen LogP contribution is 2.26. The highest BCUT2D eigenvalue weighted by molar-refractivity contribution is 5.93. The van der Waals surface area contributed by atoms with E-state index in [1.54, 1.807) is 12.3 Å². The maximum Gasteiger partial charge on any atom is 0.242 e. The number of carbonyl (C=O) groups is 1. The van der Waals surface area contributed by atoms with E-state index >= 15 is 0 Å². The first kappa shape index (κ1) is 15.6. The Bertz CT molecular complexity index is 648. The third-order valence-corrected chi connectivity index (χ3v) is 4.35. The van der Waals surface area contributed by atoms with E-state index in [0.29, 0.717) is 11.7 Å². The van der Waals surface area contributed by atoms with Gasteiger partial charge in [0, 0.05) is 12.1 Å². The molecule has 1 aliphatic rings. The van der Waals surface area contributed by atoms with Crippen LogP contribution >= 0.6 is 0 Å². The number of nitrogens with zero attached hydrogens (tertiary/aromatic N) is 4. The van der Waals surface area contributed by atoms with Crippen LogP contribution in [0.15, 0.2) is 24.4 Å². The predicted molar refractivity (Wildman–Crippen MR) is 87.0 cm³/mol. The molecule has 3 rings (SSSR count). The molecule has 122 valence electrons. The molecule has 1 aliphatic heterocycles. The van der Waals surface area contributed by atoms with Gasteiger partial charge in [-0.25, -0.2) is 9.97 Å². The summed E-state index contributed by atoms with van der Waals surface area (Å²) in [6, 6.07) is 5.31. The van der Waals surface area contributed by atoms with Gasteiger partial charge in [0.1, 0.15) is 11.6 Å². The zero-order chi connectivity index (χ0) is 16.2. The highest BCUT2D eigenvalue weighted by Gasteiger charge is 2.28. The lowest BCUT2D eigenvalue weighted by molar-refractivity contribution is -0.121. The van der Waals surface area contributed by atoms with Gasteiger partial charge in [-0.1, -0.05) is 6.07 Å². The van der Waals surface area contributed by atoms with Crippen LogP contribution in [-0.4, -0.2) is 50.1 Å². The number of hydrogen-bond acceptors (Lipinski definition) is 5. The van der Waals surface area contributed by atoms with Crippen molar-refractivity contribution in [3.63, 3.8) is 0 Å². The number of anilines is 1. The summed E-state index contributed by atoms with van der Waals surface area (Å²) in [4.78, 5) is 23.1. The van der Waals surface area contributed by atoms with E-state index in [4.69, 9.17) is 0 Å². The van der Waals surface area contributed by atoms with Gasteiger partial charge in [0.2, 0.25) is 5.91 Å². The smallest absolute Gasteiger partial charge is 0.242 e. The zero-order valence-corrected chi connectivity index (χ0v) is 13.5. The van der Waals surface area contributed by atoms with E-state index in [2.05, 4.69) is 30.4 Å². The average molecular weight is 314 g/mol. The molecule has 2 N–H and O–H groups in total. The van der Waals surface area contributed by atoms with Gasteiger partial charge in [-0.05, 0) is 51.9 Å². The second-order valence-electron chi connectivity index (χ2n) is 5.97. The Morgan fingerprint density at radius 1 is 1.39 bits per heavy atom. The number of aryl methyl sites for hydroxylation is 1. The largest absolute Gasteiger partial charge is 0.309 e. The van der Waals surface area contributed by atoms with Gasteiger partial charge in [-0.3, -0.25) is 14.8 Å². The number of aromatic nitrogens is 4. The number of H-pyrrole nitrogens is 1. The molecule has 2 aromatic rings. The molecule has 0 saturated carbocycles. The maximum absolute atomic E-state index is 12.3. The average Bonchev–Trinajstić information content (AvgIpc) is 3.02. The van der Waals surface area contributed by atoms with Crippen molar-refractivity contribution < 1.29 is 4.79 Å². The van der Waals surface area contributed by atoms with Crippen LogP contribution in [0.25, 0.3) is 0 Å². The number of aromatic amines is 1. The summed E-state index contributed by atoms with van der Waals surface area (Å²) in [6.07, 6.45) is 3.61. The minimum atomic E-state index is -0.174. The molecule has 0 bridgehead atoms. The molecule has 0 unspecified atom stereocenters. The molecular weight excluding hydrogens is 292 g/mol. The van der Waals surface area contributed by atoms with Gasteiger partial charge >= 0.3 is 0 Å². The molecule has 0 aromatic carbocycles. The van der Waals surface area contributed by atoms with E-state index in [9.17, 15) is 4.79 Å². The molecule has 2 aromatic heterocycles. The molecule has 1 atom stereocenters. The third kappa shape index (κ3) is 3.73. The summed E-state index contributed by atoms with van der Waals surface area (Å²) in [7, 11) is 0. The third-order valence-electron chi connectivity index (χ3n) is 4.35. The summed E-state index contributed by atoms with van der Waals surface area (Å²) in [5.41, 5.74) is 0. The Morgan fingerprint density at radius 3 is 2.78 bits per heavy atom. The number of piperidine rings is 1. The molecule has 0 aliphatic carbocycles. The van der Waals surface area contributed by atoms with Crippen molar-refractivity contribution in [1.29, 1.82) is 0 Å². The van der Waals surface area contributed by atoms with Crippen molar-refractivity contribution in [3.05, 3.63) is 36.0 Å². The fraction of sp³-hybridized carbons (Fsp3) is 0.500. The number of amides is 1. The maximum atomic E-state index is 12.3. The van der Waals surface area contributed by atoms with Gasteiger partial charge in [-0.2, -0.15) is 5.10 Å². The fourth-order valence-electron chi connectivity index (χ4n) is 2.92. The fourth-order valence-corrected chi connectivity index (χ4v) is 2.92. The van der Waals surface area contributed by atoms with E-state index in [1.165, 1.54) is 0 Å². The topological polar surface area (TPSA) is 86.8 Å². The Kier molecular flexibility index (Phi) is 4.66. The molecule has 1 fully saturated rings. The lowest BCUT2D eigenvalue weighted by atomic mass is 9.95. The summed E-state index contributed by atoms with van der Waals surface area (Å²) in [6.45, 7) is 5.59. The van der Waals surface area contributed by atoms with Crippen LogP contribution in [-0.2, 0) is 4.79 Å². The minimum absolute atomic E-state index is 0.0177. The lowest BCUT2D eigenvalue weighted by Crippen LogP contribution is -2.45. The summed E-state index contributed by atoms with van der Waals surface area (Å²) < 4.78 is 0. The quantitative estimate of drug-likeness (QED) is 0.897. The van der Waals surface area contributed by atoms with E-state index < -0.39 is 0 Å². The number of likely N-dealkylation sites (tertiary alicyclic amines) is 1. The first-order valence-corrected chi connectivity index (χ1v) is 7.98.